The van der Waals surface area contributed by atoms with Crippen LogP contribution in [0, 0.1) is 0 Å². The summed E-state index contributed by atoms with van der Waals surface area (Å²) in [5.41, 5.74) is 0.938. The highest BCUT2D eigenvalue weighted by atomic mass is 16.3. The smallest absolute Gasteiger partial charge is 0.0771 e. The van der Waals surface area contributed by atoms with Gasteiger partial charge in [0.15, 0.2) is 0 Å². The molecule has 2 nitrogen and oxygen atoms in total. The molecule has 1 unspecified atom stereocenters. The van der Waals surface area contributed by atoms with E-state index in [1.165, 1.54) is 12.0 Å². The van der Waals surface area contributed by atoms with Crippen molar-refractivity contribution < 1.29 is 5.11 Å². The highest BCUT2D eigenvalue weighted by molar-refractivity contribution is 5.15. The maximum Gasteiger partial charge on any atom is 0.0771 e. The Morgan fingerprint density at radius 2 is 2.00 bits per heavy atom. The highest BCUT2D eigenvalue weighted by Crippen LogP contribution is 2.30. The first-order valence-corrected chi connectivity index (χ1v) is 6.18. The van der Waals surface area contributed by atoms with Gasteiger partial charge in [-0.15, -0.1) is 0 Å². The number of benzene rings is 1. The van der Waals surface area contributed by atoms with E-state index < -0.39 is 5.60 Å². The van der Waals surface area contributed by atoms with Gasteiger partial charge in [0.25, 0.3) is 0 Å². The molecule has 2 heteroatoms. The molecule has 1 aromatic carbocycles. The van der Waals surface area contributed by atoms with Gasteiger partial charge in [0, 0.05) is 12.6 Å². The van der Waals surface area contributed by atoms with Gasteiger partial charge in [-0.1, -0.05) is 30.3 Å². The number of rotatable bonds is 5. The zero-order valence-corrected chi connectivity index (χ0v) is 9.95. The molecule has 1 atom stereocenters. The quantitative estimate of drug-likeness (QED) is 0.795. The Hall–Kier alpha value is -0.860. The first-order chi connectivity index (χ1) is 7.68. The molecule has 0 bridgehead atoms. The molecule has 1 aliphatic carbocycles. The predicted molar refractivity (Wildman–Crippen MR) is 66.4 cm³/mol. The van der Waals surface area contributed by atoms with Crippen LogP contribution in [0.2, 0.25) is 0 Å². The zero-order chi connectivity index (χ0) is 11.4. The SMILES string of the molecule is CC(Cc1ccccc1)NCC1(O)CCC1. The van der Waals surface area contributed by atoms with Crippen LogP contribution in [0.25, 0.3) is 0 Å². The minimum absolute atomic E-state index is 0.412. The van der Waals surface area contributed by atoms with Gasteiger partial charge in [0.1, 0.15) is 0 Å². The molecule has 1 aromatic rings. The average Bonchev–Trinajstić information content (AvgIpc) is 2.25. The maximum atomic E-state index is 9.96. The van der Waals surface area contributed by atoms with E-state index in [0.717, 1.165) is 25.8 Å². The van der Waals surface area contributed by atoms with Gasteiger partial charge in [-0.25, -0.2) is 0 Å². The Labute approximate surface area is 97.7 Å². The van der Waals surface area contributed by atoms with Crippen LogP contribution in [0.3, 0.4) is 0 Å². The summed E-state index contributed by atoms with van der Waals surface area (Å²) in [5.74, 6) is 0. The van der Waals surface area contributed by atoms with Crippen molar-refractivity contribution in [3.8, 4) is 0 Å². The van der Waals surface area contributed by atoms with E-state index >= 15 is 0 Å². The van der Waals surface area contributed by atoms with Crippen molar-refractivity contribution in [1.82, 2.24) is 5.32 Å². The molecule has 1 aliphatic rings. The number of nitrogens with one attached hydrogen (secondary N) is 1. The molecule has 88 valence electrons. The molecule has 1 saturated carbocycles. The van der Waals surface area contributed by atoms with Crippen LogP contribution < -0.4 is 5.32 Å². The van der Waals surface area contributed by atoms with E-state index in [0.29, 0.717) is 6.04 Å². The Morgan fingerprint density at radius 3 is 2.56 bits per heavy atom. The van der Waals surface area contributed by atoms with Crippen LogP contribution in [0.15, 0.2) is 30.3 Å². The van der Waals surface area contributed by atoms with Crippen molar-refractivity contribution >= 4 is 0 Å². The highest BCUT2D eigenvalue weighted by Gasteiger charge is 2.34. The van der Waals surface area contributed by atoms with E-state index in [9.17, 15) is 5.11 Å². The van der Waals surface area contributed by atoms with E-state index in [1.54, 1.807) is 0 Å². The van der Waals surface area contributed by atoms with Gasteiger partial charge in [-0.2, -0.15) is 0 Å². The second kappa shape index (κ2) is 4.98. The van der Waals surface area contributed by atoms with Crippen LogP contribution in [-0.4, -0.2) is 23.3 Å². The van der Waals surface area contributed by atoms with Gasteiger partial charge >= 0.3 is 0 Å². The van der Waals surface area contributed by atoms with E-state index in [-0.39, 0.29) is 0 Å². The second-order valence-electron chi connectivity index (χ2n) is 5.05. The van der Waals surface area contributed by atoms with Gasteiger partial charge in [0.05, 0.1) is 5.60 Å². The second-order valence-corrected chi connectivity index (χ2v) is 5.05. The molecular formula is C14H21NO. The fourth-order valence-corrected chi connectivity index (χ4v) is 2.17. The van der Waals surface area contributed by atoms with Gasteiger partial charge < -0.3 is 10.4 Å². The van der Waals surface area contributed by atoms with Crippen LogP contribution in [-0.2, 0) is 6.42 Å². The van der Waals surface area contributed by atoms with Crippen LogP contribution >= 0.6 is 0 Å². The Bertz CT molecular complexity index is 319. The predicted octanol–water partition coefficient (Wildman–Crippen LogP) is 2.12. The molecule has 0 spiro atoms. The Balaban J connectivity index is 1.74. The molecule has 2 rings (SSSR count). The van der Waals surface area contributed by atoms with Crippen molar-refractivity contribution in [1.29, 1.82) is 0 Å². The Morgan fingerprint density at radius 1 is 1.31 bits per heavy atom. The third-order valence-corrected chi connectivity index (χ3v) is 3.45. The molecule has 2 N–H and O–H groups in total. The molecule has 0 radical (unpaired) electrons. The van der Waals surface area contributed by atoms with E-state index in [1.807, 2.05) is 6.07 Å². The average molecular weight is 219 g/mol. The molecule has 0 amide bonds. The van der Waals surface area contributed by atoms with E-state index in [4.69, 9.17) is 0 Å². The molecule has 0 saturated heterocycles. The summed E-state index contributed by atoms with van der Waals surface area (Å²) in [6.07, 6.45) is 4.11. The molecule has 0 heterocycles. The van der Waals surface area contributed by atoms with Crippen molar-refractivity contribution in [2.75, 3.05) is 6.54 Å². The summed E-state index contributed by atoms with van der Waals surface area (Å²) >= 11 is 0. The van der Waals surface area contributed by atoms with Crippen molar-refractivity contribution in [2.24, 2.45) is 0 Å². The van der Waals surface area contributed by atoms with Gasteiger partial charge in [-0.3, -0.25) is 0 Å². The largest absolute Gasteiger partial charge is 0.389 e. The number of hydrogen-bond donors (Lipinski definition) is 2. The first kappa shape index (κ1) is 11.6. The van der Waals surface area contributed by atoms with E-state index in [2.05, 4.69) is 36.5 Å². The summed E-state index contributed by atoms with van der Waals surface area (Å²) in [6, 6.07) is 10.9. The lowest BCUT2D eigenvalue weighted by molar-refractivity contribution is -0.0328. The Kier molecular flexibility index (Phi) is 3.62. The normalized spacial score (nSPS) is 20.1. The summed E-state index contributed by atoms with van der Waals surface area (Å²) in [5, 5.41) is 13.4. The topological polar surface area (TPSA) is 32.3 Å². The fraction of sp³-hybridized carbons (Fsp3) is 0.571. The van der Waals surface area contributed by atoms with Crippen LogP contribution in [0.5, 0.6) is 0 Å². The molecule has 16 heavy (non-hydrogen) atoms. The zero-order valence-electron chi connectivity index (χ0n) is 9.95. The lowest BCUT2D eigenvalue weighted by Crippen LogP contribution is -2.48. The van der Waals surface area contributed by atoms with Crippen molar-refractivity contribution in [2.45, 2.75) is 44.2 Å². The van der Waals surface area contributed by atoms with Gasteiger partial charge in [-0.05, 0) is 38.2 Å². The molecular weight excluding hydrogens is 198 g/mol. The molecule has 0 aromatic heterocycles. The summed E-state index contributed by atoms with van der Waals surface area (Å²) in [4.78, 5) is 0. The first-order valence-electron chi connectivity index (χ1n) is 6.18. The minimum atomic E-state index is -0.412. The standard InChI is InChI=1S/C14H21NO/c1-12(10-13-6-3-2-4-7-13)15-11-14(16)8-5-9-14/h2-4,6-7,12,15-16H,5,8-11H2,1H3. The lowest BCUT2D eigenvalue weighted by Gasteiger charge is -2.37. The summed E-state index contributed by atoms with van der Waals surface area (Å²) < 4.78 is 0. The monoisotopic (exact) mass is 219 g/mol. The third-order valence-electron chi connectivity index (χ3n) is 3.45. The third kappa shape index (κ3) is 3.06. The van der Waals surface area contributed by atoms with Crippen molar-refractivity contribution in [3.63, 3.8) is 0 Å². The maximum absolute atomic E-state index is 9.96. The lowest BCUT2D eigenvalue weighted by atomic mass is 9.80. The molecule has 0 aliphatic heterocycles. The van der Waals surface area contributed by atoms with Crippen molar-refractivity contribution in [3.05, 3.63) is 35.9 Å². The van der Waals surface area contributed by atoms with Crippen LogP contribution in [0.1, 0.15) is 31.7 Å². The number of hydrogen-bond acceptors (Lipinski definition) is 2. The number of aliphatic hydroxyl groups is 1. The van der Waals surface area contributed by atoms with Gasteiger partial charge in [0.2, 0.25) is 0 Å². The molecule has 1 fully saturated rings. The summed E-state index contributed by atoms with van der Waals surface area (Å²) in [7, 11) is 0. The minimum Gasteiger partial charge on any atom is -0.389 e. The summed E-state index contributed by atoms with van der Waals surface area (Å²) in [6.45, 7) is 2.91. The van der Waals surface area contributed by atoms with Crippen LogP contribution in [0.4, 0.5) is 0 Å². The fourth-order valence-electron chi connectivity index (χ4n) is 2.17.